The van der Waals surface area contributed by atoms with Gasteiger partial charge < -0.3 is 20.3 Å². The number of nitrogens with zero attached hydrogens (tertiary/aromatic N) is 1. The second-order valence-electron chi connectivity index (χ2n) is 12.5. The van der Waals surface area contributed by atoms with Gasteiger partial charge in [0.1, 0.15) is 17.7 Å². The van der Waals surface area contributed by atoms with Gasteiger partial charge in [0.05, 0.1) is 0 Å². The van der Waals surface area contributed by atoms with Gasteiger partial charge in [-0.3, -0.25) is 9.59 Å². The molecule has 3 unspecified atom stereocenters. The molecule has 0 spiro atoms. The van der Waals surface area contributed by atoms with Crippen LogP contribution in [0.4, 0.5) is 4.79 Å². The highest BCUT2D eigenvalue weighted by molar-refractivity contribution is 5.92. The zero-order valence-corrected chi connectivity index (χ0v) is 26.2. The standard InChI is InChI=1S/C32H55N3O4/c1-11-13-20-33-29(36)28(26-18-16-25(12-2)17-19-26)35(24(7)15-14-22(3)4)30(37)27(21-23(5)6)34-31(38)39-32(8,9)10/h16-19,22-24,27-28H,11-15,20-21H2,1-10H3,(H,33,36)(H,34,38). The highest BCUT2D eigenvalue weighted by Crippen LogP contribution is 2.29. The Morgan fingerprint density at radius 2 is 1.54 bits per heavy atom. The van der Waals surface area contributed by atoms with Gasteiger partial charge in [0, 0.05) is 12.6 Å². The van der Waals surface area contributed by atoms with E-state index in [-0.39, 0.29) is 23.8 Å². The summed E-state index contributed by atoms with van der Waals surface area (Å²) in [5.74, 6) is 0.137. The predicted molar refractivity (Wildman–Crippen MR) is 159 cm³/mol. The quantitative estimate of drug-likeness (QED) is 0.237. The van der Waals surface area contributed by atoms with Gasteiger partial charge in [-0.15, -0.1) is 0 Å². The number of carbonyl (C=O) groups excluding carboxylic acids is 3. The Labute approximate surface area is 237 Å². The van der Waals surface area contributed by atoms with E-state index in [1.807, 2.05) is 45.0 Å². The molecule has 1 aromatic carbocycles. The van der Waals surface area contributed by atoms with E-state index in [4.69, 9.17) is 4.74 Å². The van der Waals surface area contributed by atoms with Crippen LogP contribution in [0, 0.1) is 11.8 Å². The van der Waals surface area contributed by atoms with Gasteiger partial charge in [0.2, 0.25) is 11.8 Å². The van der Waals surface area contributed by atoms with E-state index in [0.717, 1.165) is 37.7 Å². The minimum atomic E-state index is -0.817. The molecule has 0 aliphatic carbocycles. The Balaban J connectivity index is 3.59. The van der Waals surface area contributed by atoms with Crippen molar-refractivity contribution in [1.82, 2.24) is 15.5 Å². The predicted octanol–water partition coefficient (Wildman–Crippen LogP) is 6.80. The molecule has 0 heterocycles. The normalized spacial score (nSPS) is 14.1. The van der Waals surface area contributed by atoms with Gasteiger partial charge in [-0.2, -0.15) is 0 Å². The third-order valence-corrected chi connectivity index (χ3v) is 6.65. The number of hydrogen-bond acceptors (Lipinski definition) is 4. The van der Waals surface area contributed by atoms with Crippen LogP contribution in [-0.4, -0.2) is 47.0 Å². The summed E-state index contributed by atoms with van der Waals surface area (Å²) in [6, 6.07) is 6.11. The number of hydrogen-bond donors (Lipinski definition) is 2. The lowest BCUT2D eigenvalue weighted by molar-refractivity contribution is -0.145. The maximum Gasteiger partial charge on any atom is 0.408 e. The van der Waals surface area contributed by atoms with E-state index in [1.165, 1.54) is 5.56 Å². The summed E-state index contributed by atoms with van der Waals surface area (Å²) in [5.41, 5.74) is 1.24. The number of ether oxygens (including phenoxy) is 1. The average molecular weight is 546 g/mol. The first-order valence-corrected chi connectivity index (χ1v) is 14.9. The lowest BCUT2D eigenvalue weighted by Crippen LogP contribution is -2.56. The summed E-state index contributed by atoms with van der Waals surface area (Å²) < 4.78 is 5.50. The van der Waals surface area contributed by atoms with Crippen LogP contribution >= 0.6 is 0 Å². The fourth-order valence-electron chi connectivity index (χ4n) is 4.49. The van der Waals surface area contributed by atoms with Crippen LogP contribution in [0.1, 0.15) is 119 Å². The Hall–Kier alpha value is -2.57. The highest BCUT2D eigenvalue weighted by atomic mass is 16.6. The van der Waals surface area contributed by atoms with Crippen molar-refractivity contribution in [3.05, 3.63) is 35.4 Å². The van der Waals surface area contributed by atoms with Crippen LogP contribution in [0.5, 0.6) is 0 Å². The molecule has 3 amide bonds. The summed E-state index contributed by atoms with van der Waals surface area (Å²) >= 11 is 0. The van der Waals surface area contributed by atoms with Gasteiger partial charge in [0.25, 0.3) is 0 Å². The monoisotopic (exact) mass is 545 g/mol. The Kier molecular flexibility index (Phi) is 14.6. The molecule has 7 nitrogen and oxygen atoms in total. The number of alkyl carbamates (subject to hydrolysis) is 1. The fourth-order valence-corrected chi connectivity index (χ4v) is 4.49. The first-order valence-electron chi connectivity index (χ1n) is 14.9. The molecule has 3 atom stereocenters. The molecule has 0 radical (unpaired) electrons. The summed E-state index contributed by atoms with van der Waals surface area (Å²) in [6.45, 7) is 20.5. The molecule has 0 aromatic heterocycles. The fraction of sp³-hybridized carbons (Fsp3) is 0.719. The van der Waals surface area contributed by atoms with Crippen molar-refractivity contribution in [2.24, 2.45) is 11.8 Å². The third kappa shape index (κ3) is 12.4. The Morgan fingerprint density at radius 1 is 0.923 bits per heavy atom. The molecule has 1 rings (SSSR count). The number of aryl methyl sites for hydroxylation is 1. The molecule has 0 saturated heterocycles. The maximum absolute atomic E-state index is 14.4. The lowest BCUT2D eigenvalue weighted by atomic mass is 9.94. The molecule has 7 heteroatoms. The number of nitrogens with one attached hydrogen (secondary N) is 2. The zero-order chi connectivity index (χ0) is 29.8. The van der Waals surface area contributed by atoms with Gasteiger partial charge in [0.15, 0.2) is 0 Å². The summed E-state index contributed by atoms with van der Waals surface area (Å²) in [6.07, 6.45) is 4.17. The van der Waals surface area contributed by atoms with Crippen molar-refractivity contribution in [3.8, 4) is 0 Å². The first kappa shape index (κ1) is 34.5. The SMILES string of the molecule is CCCCNC(=O)C(c1ccc(CC)cc1)N(C(=O)C(CC(C)C)NC(=O)OC(C)(C)C)C(C)CCC(C)C. The molecule has 0 aliphatic rings. The highest BCUT2D eigenvalue weighted by Gasteiger charge is 2.39. The minimum absolute atomic E-state index is 0.141. The van der Waals surface area contributed by atoms with E-state index in [2.05, 4.69) is 38.3 Å². The minimum Gasteiger partial charge on any atom is -0.444 e. The van der Waals surface area contributed by atoms with E-state index in [9.17, 15) is 14.4 Å². The van der Waals surface area contributed by atoms with Crippen molar-refractivity contribution in [2.75, 3.05) is 6.54 Å². The lowest BCUT2D eigenvalue weighted by Gasteiger charge is -2.39. The molecule has 0 bridgehead atoms. The molecule has 39 heavy (non-hydrogen) atoms. The zero-order valence-electron chi connectivity index (χ0n) is 26.2. The van der Waals surface area contributed by atoms with Crippen molar-refractivity contribution in [3.63, 3.8) is 0 Å². The number of unbranched alkanes of at least 4 members (excludes halogenated alkanes) is 1. The van der Waals surface area contributed by atoms with Crippen LogP contribution in [-0.2, 0) is 20.7 Å². The number of rotatable bonds is 15. The number of benzene rings is 1. The smallest absolute Gasteiger partial charge is 0.408 e. The maximum atomic E-state index is 14.4. The van der Waals surface area contributed by atoms with Crippen LogP contribution in [0.3, 0.4) is 0 Å². The second kappa shape index (κ2) is 16.5. The molecule has 222 valence electrons. The van der Waals surface area contributed by atoms with Gasteiger partial charge in [-0.05, 0) is 82.8 Å². The van der Waals surface area contributed by atoms with E-state index in [0.29, 0.717) is 18.9 Å². The van der Waals surface area contributed by atoms with Crippen molar-refractivity contribution >= 4 is 17.9 Å². The molecule has 0 saturated carbocycles. The number of carbonyl (C=O) groups is 3. The van der Waals surface area contributed by atoms with Crippen LogP contribution in [0.25, 0.3) is 0 Å². The molecular weight excluding hydrogens is 490 g/mol. The molecular formula is C32H55N3O4. The molecule has 0 fully saturated rings. The van der Waals surface area contributed by atoms with Crippen LogP contribution in [0.2, 0.25) is 0 Å². The van der Waals surface area contributed by atoms with Crippen molar-refractivity contribution in [1.29, 1.82) is 0 Å². The van der Waals surface area contributed by atoms with Crippen molar-refractivity contribution in [2.45, 2.75) is 131 Å². The van der Waals surface area contributed by atoms with E-state index >= 15 is 0 Å². The Morgan fingerprint density at radius 3 is 2.03 bits per heavy atom. The topological polar surface area (TPSA) is 87.7 Å². The van der Waals surface area contributed by atoms with Crippen LogP contribution < -0.4 is 10.6 Å². The number of amides is 3. The van der Waals surface area contributed by atoms with E-state index < -0.39 is 23.8 Å². The largest absolute Gasteiger partial charge is 0.444 e. The Bertz CT molecular complexity index is 890. The van der Waals surface area contributed by atoms with Gasteiger partial charge in [-0.25, -0.2) is 4.79 Å². The van der Waals surface area contributed by atoms with Gasteiger partial charge >= 0.3 is 6.09 Å². The average Bonchev–Trinajstić information content (AvgIpc) is 2.83. The van der Waals surface area contributed by atoms with Crippen molar-refractivity contribution < 1.29 is 19.1 Å². The third-order valence-electron chi connectivity index (χ3n) is 6.65. The first-order chi connectivity index (χ1) is 18.2. The van der Waals surface area contributed by atoms with Gasteiger partial charge in [-0.1, -0.05) is 72.2 Å². The molecule has 2 N–H and O–H groups in total. The summed E-state index contributed by atoms with van der Waals surface area (Å²) in [7, 11) is 0. The summed E-state index contributed by atoms with van der Waals surface area (Å²) in [4.78, 5) is 42.7. The molecule has 0 aliphatic heterocycles. The molecule has 1 aromatic rings. The second-order valence-corrected chi connectivity index (χ2v) is 12.5. The van der Waals surface area contributed by atoms with E-state index in [1.54, 1.807) is 25.7 Å². The van der Waals surface area contributed by atoms with Crippen LogP contribution in [0.15, 0.2) is 24.3 Å². The summed E-state index contributed by atoms with van der Waals surface area (Å²) in [5, 5.41) is 5.91.